The highest BCUT2D eigenvalue weighted by Crippen LogP contribution is 2.42. The standard InChI is InChI=1S/C21H18ClNO2S2/c22-19-8-4-7-18(15-19)21-23(13-14-26-21)27(24,25)20-11-9-17(10-12-20)16-5-2-1-3-6-16/h1-12,15,21H,13-14H2/t21-/m1/s1. The van der Waals surface area contributed by atoms with Crippen LogP contribution in [-0.2, 0) is 10.0 Å². The molecular formula is C21H18ClNO2S2. The van der Waals surface area contributed by atoms with Crippen molar-refractivity contribution in [1.82, 2.24) is 4.31 Å². The van der Waals surface area contributed by atoms with E-state index in [1.165, 1.54) is 0 Å². The van der Waals surface area contributed by atoms with Crippen LogP contribution in [0.5, 0.6) is 0 Å². The second-order valence-corrected chi connectivity index (χ2v) is 9.80. The minimum atomic E-state index is -3.58. The van der Waals surface area contributed by atoms with E-state index in [2.05, 4.69) is 0 Å². The molecule has 0 radical (unpaired) electrons. The molecule has 0 N–H and O–H groups in total. The van der Waals surface area contributed by atoms with E-state index in [0.717, 1.165) is 22.4 Å². The fourth-order valence-electron chi connectivity index (χ4n) is 3.21. The molecule has 0 spiro atoms. The zero-order valence-electron chi connectivity index (χ0n) is 14.5. The molecule has 1 saturated heterocycles. The van der Waals surface area contributed by atoms with Gasteiger partial charge in [0.2, 0.25) is 10.0 Å². The summed E-state index contributed by atoms with van der Waals surface area (Å²) in [5.41, 5.74) is 2.97. The zero-order chi connectivity index (χ0) is 18.9. The zero-order valence-corrected chi connectivity index (χ0v) is 16.8. The first kappa shape index (κ1) is 18.6. The van der Waals surface area contributed by atoms with Gasteiger partial charge in [0.05, 0.1) is 10.3 Å². The predicted molar refractivity (Wildman–Crippen MR) is 112 cm³/mol. The van der Waals surface area contributed by atoms with Gasteiger partial charge in [0.1, 0.15) is 0 Å². The molecule has 4 rings (SSSR count). The highest BCUT2D eigenvalue weighted by atomic mass is 35.5. The predicted octanol–water partition coefficient (Wildman–Crippen LogP) is 5.44. The van der Waals surface area contributed by atoms with Gasteiger partial charge in [-0.05, 0) is 41.0 Å². The van der Waals surface area contributed by atoms with Gasteiger partial charge in [-0.2, -0.15) is 4.31 Å². The number of hydrogen-bond acceptors (Lipinski definition) is 3. The van der Waals surface area contributed by atoms with Crippen molar-refractivity contribution in [1.29, 1.82) is 0 Å². The van der Waals surface area contributed by atoms with Crippen LogP contribution in [0.4, 0.5) is 0 Å². The minimum Gasteiger partial charge on any atom is -0.207 e. The molecule has 0 aliphatic carbocycles. The van der Waals surface area contributed by atoms with Crippen molar-refractivity contribution in [3.05, 3.63) is 89.4 Å². The molecule has 138 valence electrons. The van der Waals surface area contributed by atoms with E-state index >= 15 is 0 Å². The van der Waals surface area contributed by atoms with Gasteiger partial charge < -0.3 is 0 Å². The first-order chi connectivity index (χ1) is 13.1. The van der Waals surface area contributed by atoms with E-state index in [1.54, 1.807) is 34.3 Å². The number of sulfonamides is 1. The summed E-state index contributed by atoms with van der Waals surface area (Å²) in [7, 11) is -3.58. The summed E-state index contributed by atoms with van der Waals surface area (Å²) < 4.78 is 28.0. The molecule has 0 unspecified atom stereocenters. The summed E-state index contributed by atoms with van der Waals surface area (Å²) in [6.07, 6.45) is 0. The topological polar surface area (TPSA) is 37.4 Å². The number of thioether (sulfide) groups is 1. The molecule has 1 aliphatic rings. The summed E-state index contributed by atoms with van der Waals surface area (Å²) >= 11 is 7.72. The molecular weight excluding hydrogens is 398 g/mol. The lowest BCUT2D eigenvalue weighted by Crippen LogP contribution is -2.30. The van der Waals surface area contributed by atoms with E-state index in [-0.39, 0.29) is 5.37 Å². The lowest BCUT2D eigenvalue weighted by atomic mass is 10.1. The van der Waals surface area contributed by atoms with Gasteiger partial charge >= 0.3 is 0 Å². The average Bonchev–Trinajstić information content (AvgIpc) is 3.20. The van der Waals surface area contributed by atoms with Crippen molar-refractivity contribution in [2.24, 2.45) is 0 Å². The Labute approximate surface area is 169 Å². The Kier molecular flexibility index (Phi) is 5.28. The molecule has 0 aromatic heterocycles. The molecule has 1 atom stereocenters. The number of nitrogens with zero attached hydrogens (tertiary/aromatic N) is 1. The van der Waals surface area contributed by atoms with Crippen LogP contribution >= 0.6 is 23.4 Å². The molecule has 1 aliphatic heterocycles. The maximum absolute atomic E-state index is 13.2. The second-order valence-electron chi connectivity index (χ2n) is 6.28. The fraction of sp³-hybridized carbons (Fsp3) is 0.143. The van der Waals surface area contributed by atoms with Crippen LogP contribution < -0.4 is 0 Å². The van der Waals surface area contributed by atoms with Crippen LogP contribution in [-0.4, -0.2) is 25.0 Å². The quantitative estimate of drug-likeness (QED) is 0.569. The molecule has 3 aromatic rings. The lowest BCUT2D eigenvalue weighted by molar-refractivity contribution is 0.434. The lowest BCUT2D eigenvalue weighted by Gasteiger charge is -2.23. The summed E-state index contributed by atoms with van der Waals surface area (Å²) in [6.45, 7) is 0.491. The van der Waals surface area contributed by atoms with E-state index in [0.29, 0.717) is 16.5 Å². The molecule has 1 heterocycles. The third kappa shape index (κ3) is 3.78. The third-order valence-corrected chi connectivity index (χ3v) is 8.06. The Balaban J connectivity index is 1.64. The molecule has 3 aromatic carbocycles. The van der Waals surface area contributed by atoms with Gasteiger partial charge in [-0.15, -0.1) is 11.8 Å². The Bertz CT molecular complexity index is 1040. The molecule has 6 heteroatoms. The normalized spacial score (nSPS) is 17.9. The van der Waals surface area contributed by atoms with E-state index in [9.17, 15) is 8.42 Å². The molecule has 1 fully saturated rings. The average molecular weight is 416 g/mol. The van der Waals surface area contributed by atoms with Gasteiger partial charge in [0.15, 0.2) is 0 Å². The number of hydrogen-bond donors (Lipinski definition) is 0. The van der Waals surface area contributed by atoms with E-state index in [1.807, 2.05) is 60.7 Å². The SMILES string of the molecule is O=S(=O)(c1ccc(-c2ccccc2)cc1)N1CCS[C@@H]1c1cccc(Cl)c1. The highest BCUT2D eigenvalue weighted by Gasteiger charge is 2.36. The van der Waals surface area contributed by atoms with Crippen molar-refractivity contribution < 1.29 is 8.42 Å². The van der Waals surface area contributed by atoms with Crippen molar-refractivity contribution >= 4 is 33.4 Å². The van der Waals surface area contributed by atoms with Crippen molar-refractivity contribution in [2.75, 3.05) is 12.3 Å². The van der Waals surface area contributed by atoms with Crippen LogP contribution in [0.3, 0.4) is 0 Å². The van der Waals surface area contributed by atoms with Crippen LogP contribution in [0.1, 0.15) is 10.9 Å². The smallest absolute Gasteiger partial charge is 0.207 e. The maximum Gasteiger partial charge on any atom is 0.244 e. The molecule has 27 heavy (non-hydrogen) atoms. The van der Waals surface area contributed by atoms with Crippen molar-refractivity contribution in [3.63, 3.8) is 0 Å². The van der Waals surface area contributed by atoms with Gasteiger partial charge in [-0.25, -0.2) is 8.42 Å². The van der Waals surface area contributed by atoms with E-state index in [4.69, 9.17) is 11.6 Å². The summed E-state index contributed by atoms with van der Waals surface area (Å²) in [5, 5.41) is 0.368. The number of rotatable bonds is 4. The van der Waals surface area contributed by atoms with Gasteiger partial charge in [0, 0.05) is 17.3 Å². The van der Waals surface area contributed by atoms with Gasteiger partial charge in [-0.1, -0.05) is 66.2 Å². The Morgan fingerprint density at radius 3 is 2.30 bits per heavy atom. The summed E-state index contributed by atoms with van der Waals surface area (Å²) in [5.74, 6) is 0.762. The van der Waals surface area contributed by atoms with Crippen LogP contribution in [0.2, 0.25) is 5.02 Å². The molecule has 0 bridgehead atoms. The minimum absolute atomic E-state index is 0.248. The number of halogens is 1. The number of benzene rings is 3. The first-order valence-corrected chi connectivity index (χ1v) is 11.5. The molecule has 3 nitrogen and oxygen atoms in total. The Hall–Kier alpha value is -1.79. The summed E-state index contributed by atoms with van der Waals surface area (Å²) in [4.78, 5) is 0.316. The van der Waals surface area contributed by atoms with Gasteiger partial charge in [-0.3, -0.25) is 0 Å². The second kappa shape index (κ2) is 7.68. The molecule has 0 amide bonds. The largest absolute Gasteiger partial charge is 0.244 e. The third-order valence-electron chi connectivity index (χ3n) is 4.55. The van der Waals surface area contributed by atoms with Crippen molar-refractivity contribution in [2.45, 2.75) is 10.3 Å². The Morgan fingerprint density at radius 2 is 1.59 bits per heavy atom. The fourth-order valence-corrected chi connectivity index (χ4v) is 6.64. The van der Waals surface area contributed by atoms with Gasteiger partial charge in [0.25, 0.3) is 0 Å². The monoisotopic (exact) mass is 415 g/mol. The molecule has 0 saturated carbocycles. The highest BCUT2D eigenvalue weighted by molar-refractivity contribution is 8.01. The van der Waals surface area contributed by atoms with Crippen molar-refractivity contribution in [3.8, 4) is 11.1 Å². The van der Waals surface area contributed by atoms with Crippen LogP contribution in [0.15, 0.2) is 83.8 Å². The van der Waals surface area contributed by atoms with Crippen LogP contribution in [0.25, 0.3) is 11.1 Å². The summed E-state index contributed by atoms with van der Waals surface area (Å²) in [6, 6.07) is 24.4. The Morgan fingerprint density at radius 1 is 0.889 bits per heavy atom. The van der Waals surface area contributed by atoms with E-state index < -0.39 is 10.0 Å². The maximum atomic E-state index is 13.2. The van der Waals surface area contributed by atoms with Crippen LogP contribution in [0, 0.1) is 0 Å². The first-order valence-electron chi connectivity index (χ1n) is 8.60.